The Morgan fingerprint density at radius 2 is 2.53 bits per heavy atom. The number of methoxy groups -OCH3 is 1. The summed E-state index contributed by atoms with van der Waals surface area (Å²) in [6, 6.07) is 1.50. The van der Waals surface area contributed by atoms with Crippen molar-refractivity contribution < 1.29 is 19.1 Å². The van der Waals surface area contributed by atoms with Gasteiger partial charge in [-0.1, -0.05) is 0 Å². The van der Waals surface area contributed by atoms with Crippen LogP contribution < -0.4 is 0 Å². The number of likely N-dealkylation sites (tertiary alicyclic amines) is 1. The van der Waals surface area contributed by atoms with E-state index in [1.54, 1.807) is 7.11 Å². The van der Waals surface area contributed by atoms with Gasteiger partial charge in [-0.05, 0) is 24.9 Å². The van der Waals surface area contributed by atoms with Crippen LogP contribution in [0.4, 0.5) is 0 Å². The van der Waals surface area contributed by atoms with Gasteiger partial charge in [0.15, 0.2) is 0 Å². The number of carboxylic acid groups (broad SMARTS) is 1. The molecule has 0 aromatic carbocycles. The highest BCUT2D eigenvalue weighted by molar-refractivity contribution is 5.88. The summed E-state index contributed by atoms with van der Waals surface area (Å²) in [5.74, 6) is 0.153. The summed E-state index contributed by atoms with van der Waals surface area (Å²) < 4.78 is 10.4. The molecule has 94 valence electrons. The van der Waals surface area contributed by atoms with Gasteiger partial charge in [-0.3, -0.25) is 4.90 Å². The van der Waals surface area contributed by atoms with Crippen LogP contribution in [0.25, 0.3) is 0 Å². The van der Waals surface area contributed by atoms with Crippen molar-refractivity contribution in [1.29, 1.82) is 0 Å². The van der Waals surface area contributed by atoms with Gasteiger partial charge in [0.05, 0.1) is 19.4 Å². The highest BCUT2D eigenvalue weighted by Crippen LogP contribution is 2.20. The molecule has 1 unspecified atom stereocenters. The third-order valence-electron chi connectivity index (χ3n) is 3.12. The number of hydrogen-bond acceptors (Lipinski definition) is 4. The van der Waals surface area contributed by atoms with Crippen molar-refractivity contribution in [2.45, 2.75) is 13.0 Å². The maximum absolute atomic E-state index is 10.9. The second-order valence-corrected chi connectivity index (χ2v) is 4.41. The van der Waals surface area contributed by atoms with Crippen LogP contribution in [0.15, 0.2) is 16.7 Å². The minimum atomic E-state index is -0.929. The summed E-state index contributed by atoms with van der Waals surface area (Å²) in [4.78, 5) is 13.1. The molecule has 1 N–H and O–H groups in total. The molecule has 17 heavy (non-hydrogen) atoms. The van der Waals surface area contributed by atoms with Crippen molar-refractivity contribution in [3.05, 3.63) is 23.7 Å². The molecule has 1 fully saturated rings. The number of nitrogens with zero attached hydrogens (tertiary/aromatic N) is 1. The van der Waals surface area contributed by atoms with Gasteiger partial charge in [-0.2, -0.15) is 0 Å². The Kier molecular flexibility index (Phi) is 3.81. The molecule has 1 aromatic rings. The van der Waals surface area contributed by atoms with E-state index in [1.807, 2.05) is 0 Å². The fraction of sp³-hybridized carbons (Fsp3) is 0.583. The van der Waals surface area contributed by atoms with Crippen LogP contribution in [-0.4, -0.2) is 42.8 Å². The standard InChI is InChI=1S/C12H17NO4/c1-16-8-9-2-4-13(6-9)7-11-10(12(14)15)3-5-17-11/h3,5,9H,2,4,6-8H2,1H3,(H,14,15). The quantitative estimate of drug-likeness (QED) is 0.842. The molecule has 1 saturated heterocycles. The fourth-order valence-corrected chi connectivity index (χ4v) is 2.28. The molecule has 0 radical (unpaired) electrons. The minimum Gasteiger partial charge on any atom is -0.478 e. The smallest absolute Gasteiger partial charge is 0.339 e. The van der Waals surface area contributed by atoms with E-state index in [4.69, 9.17) is 14.3 Å². The molecule has 0 aliphatic carbocycles. The maximum Gasteiger partial charge on any atom is 0.339 e. The van der Waals surface area contributed by atoms with Crippen molar-refractivity contribution in [1.82, 2.24) is 4.90 Å². The first kappa shape index (κ1) is 12.1. The third kappa shape index (κ3) is 2.87. The van der Waals surface area contributed by atoms with E-state index in [-0.39, 0.29) is 5.56 Å². The molecule has 1 atom stereocenters. The molecular formula is C12H17NO4. The number of ether oxygens (including phenoxy) is 1. The van der Waals surface area contributed by atoms with E-state index in [2.05, 4.69) is 4.90 Å². The number of carbonyl (C=O) groups is 1. The molecule has 5 heteroatoms. The molecule has 0 bridgehead atoms. The Balaban J connectivity index is 1.93. The Morgan fingerprint density at radius 1 is 1.71 bits per heavy atom. The van der Waals surface area contributed by atoms with Crippen molar-refractivity contribution >= 4 is 5.97 Å². The zero-order valence-corrected chi connectivity index (χ0v) is 9.89. The van der Waals surface area contributed by atoms with E-state index in [9.17, 15) is 4.79 Å². The minimum absolute atomic E-state index is 0.264. The van der Waals surface area contributed by atoms with Crippen molar-refractivity contribution in [2.75, 3.05) is 26.8 Å². The van der Waals surface area contributed by atoms with E-state index < -0.39 is 5.97 Å². The second-order valence-electron chi connectivity index (χ2n) is 4.41. The summed E-state index contributed by atoms with van der Waals surface area (Å²) in [6.07, 6.45) is 2.53. The zero-order valence-electron chi connectivity index (χ0n) is 9.89. The number of hydrogen-bond donors (Lipinski definition) is 1. The predicted molar refractivity (Wildman–Crippen MR) is 60.9 cm³/mol. The van der Waals surface area contributed by atoms with Crippen LogP contribution in [0.2, 0.25) is 0 Å². The summed E-state index contributed by atoms with van der Waals surface area (Å²) in [5.41, 5.74) is 0.264. The van der Waals surface area contributed by atoms with Crippen LogP contribution in [0.1, 0.15) is 22.5 Å². The number of furan rings is 1. The fourth-order valence-electron chi connectivity index (χ4n) is 2.28. The topological polar surface area (TPSA) is 62.9 Å². The first-order chi connectivity index (χ1) is 8.20. The van der Waals surface area contributed by atoms with Crippen molar-refractivity contribution in [3.63, 3.8) is 0 Å². The third-order valence-corrected chi connectivity index (χ3v) is 3.12. The normalized spacial score (nSPS) is 20.9. The largest absolute Gasteiger partial charge is 0.478 e. The molecule has 2 rings (SSSR count). The number of rotatable bonds is 5. The highest BCUT2D eigenvalue weighted by Gasteiger charge is 2.24. The summed E-state index contributed by atoms with van der Waals surface area (Å²) in [7, 11) is 1.71. The zero-order chi connectivity index (χ0) is 12.3. The number of aromatic carboxylic acids is 1. The van der Waals surface area contributed by atoms with Gasteiger partial charge in [0.25, 0.3) is 0 Å². The lowest BCUT2D eigenvalue weighted by Gasteiger charge is -2.14. The summed E-state index contributed by atoms with van der Waals surface area (Å²) >= 11 is 0. The SMILES string of the molecule is COCC1CCN(Cc2occc2C(=O)O)C1. The Hall–Kier alpha value is -1.33. The van der Waals surface area contributed by atoms with Crippen molar-refractivity contribution in [2.24, 2.45) is 5.92 Å². The lowest BCUT2D eigenvalue weighted by atomic mass is 10.1. The lowest BCUT2D eigenvalue weighted by Crippen LogP contribution is -2.22. The molecule has 1 aliphatic rings. The second kappa shape index (κ2) is 5.33. The monoisotopic (exact) mass is 239 g/mol. The maximum atomic E-state index is 10.9. The molecule has 0 spiro atoms. The number of carboxylic acids is 1. The Bertz CT molecular complexity index is 388. The average Bonchev–Trinajstić information content (AvgIpc) is 2.89. The average molecular weight is 239 g/mol. The lowest BCUT2D eigenvalue weighted by molar-refractivity contribution is 0.0692. The molecule has 2 heterocycles. The van der Waals surface area contributed by atoms with E-state index in [0.717, 1.165) is 26.1 Å². The molecule has 1 aliphatic heterocycles. The Labute approximate surface area is 100.0 Å². The molecule has 0 amide bonds. The van der Waals surface area contributed by atoms with Gasteiger partial charge in [0.1, 0.15) is 11.3 Å². The predicted octanol–water partition coefficient (Wildman–Crippen LogP) is 1.45. The van der Waals surface area contributed by atoms with Gasteiger partial charge < -0.3 is 14.3 Å². The van der Waals surface area contributed by atoms with Crippen LogP contribution >= 0.6 is 0 Å². The van der Waals surface area contributed by atoms with Crippen LogP contribution in [-0.2, 0) is 11.3 Å². The first-order valence-electron chi connectivity index (χ1n) is 5.71. The molecule has 5 nitrogen and oxygen atoms in total. The van der Waals surface area contributed by atoms with Gasteiger partial charge in [0.2, 0.25) is 0 Å². The van der Waals surface area contributed by atoms with Crippen LogP contribution in [0.3, 0.4) is 0 Å². The van der Waals surface area contributed by atoms with Gasteiger partial charge in [-0.25, -0.2) is 4.79 Å². The van der Waals surface area contributed by atoms with Gasteiger partial charge in [0, 0.05) is 13.7 Å². The molecular weight excluding hydrogens is 222 g/mol. The molecule has 0 saturated carbocycles. The summed E-state index contributed by atoms with van der Waals surface area (Å²) in [5, 5.41) is 8.97. The van der Waals surface area contributed by atoms with E-state index in [0.29, 0.717) is 18.2 Å². The Morgan fingerprint density at radius 3 is 3.24 bits per heavy atom. The van der Waals surface area contributed by atoms with Gasteiger partial charge >= 0.3 is 5.97 Å². The van der Waals surface area contributed by atoms with E-state index in [1.165, 1.54) is 12.3 Å². The van der Waals surface area contributed by atoms with Gasteiger partial charge in [-0.15, -0.1) is 0 Å². The first-order valence-corrected chi connectivity index (χ1v) is 5.71. The van der Waals surface area contributed by atoms with E-state index >= 15 is 0 Å². The van der Waals surface area contributed by atoms with Crippen molar-refractivity contribution in [3.8, 4) is 0 Å². The molecule has 1 aromatic heterocycles. The van der Waals surface area contributed by atoms with Crippen LogP contribution in [0.5, 0.6) is 0 Å². The van der Waals surface area contributed by atoms with Crippen LogP contribution in [0, 0.1) is 5.92 Å². The highest BCUT2D eigenvalue weighted by atomic mass is 16.5. The summed E-state index contributed by atoms with van der Waals surface area (Å²) in [6.45, 7) is 3.23.